The van der Waals surface area contributed by atoms with Crippen LogP contribution in [-0.2, 0) is 16.6 Å². The number of aromatic nitrogens is 2. The number of rotatable bonds is 2. The molecule has 3 nitrogen and oxygen atoms in total. The summed E-state index contributed by atoms with van der Waals surface area (Å²) in [5.74, 6) is 0.694. The molecule has 0 amide bonds. The van der Waals surface area contributed by atoms with E-state index in [1.54, 1.807) is 19.3 Å². The summed E-state index contributed by atoms with van der Waals surface area (Å²) < 4.78 is 0. The molecule has 0 aliphatic carbocycles. The first-order valence-corrected chi connectivity index (χ1v) is 4.70. The minimum absolute atomic E-state index is 0.0642. The Bertz CT molecular complexity index is 322. The van der Waals surface area contributed by atoms with Crippen molar-refractivity contribution in [2.24, 2.45) is 0 Å². The third kappa shape index (κ3) is 2.91. The van der Waals surface area contributed by atoms with E-state index < -0.39 is 0 Å². The molecule has 0 unspecified atom stereocenters. The minimum atomic E-state index is 0.0642. The summed E-state index contributed by atoms with van der Waals surface area (Å²) in [4.78, 5) is 19.1. The average Bonchev–Trinajstić information content (AvgIpc) is 2.02. The molecule has 14 heavy (non-hydrogen) atoms. The van der Waals surface area contributed by atoms with E-state index in [0.29, 0.717) is 12.2 Å². The van der Waals surface area contributed by atoms with Crippen LogP contribution in [0.15, 0.2) is 12.4 Å². The first kappa shape index (κ1) is 10.8. The van der Waals surface area contributed by atoms with Gasteiger partial charge in [-0.05, 0) is 17.9 Å². The highest BCUT2D eigenvalue weighted by Gasteiger charge is 2.14. The van der Waals surface area contributed by atoms with Gasteiger partial charge in [0.1, 0.15) is 11.6 Å². The summed E-state index contributed by atoms with van der Waals surface area (Å²) in [6.45, 7) is 7.87. The number of Topliss-reactive ketones (excluding diaryl/α,β-unsaturated/α-hetero) is 1. The molecule has 0 aromatic carbocycles. The average molecular weight is 192 g/mol. The highest BCUT2D eigenvalue weighted by Crippen LogP contribution is 2.19. The van der Waals surface area contributed by atoms with Crippen LogP contribution in [0.5, 0.6) is 0 Å². The molecule has 3 heteroatoms. The van der Waals surface area contributed by atoms with E-state index in [1.807, 2.05) is 0 Å². The summed E-state index contributed by atoms with van der Waals surface area (Å²) in [7, 11) is 0. The second-order valence-electron chi connectivity index (χ2n) is 4.52. The van der Waals surface area contributed by atoms with Gasteiger partial charge in [-0.1, -0.05) is 20.8 Å². The van der Waals surface area contributed by atoms with Crippen molar-refractivity contribution in [3.05, 3.63) is 23.8 Å². The Morgan fingerprint density at radius 2 is 1.79 bits per heavy atom. The van der Waals surface area contributed by atoms with Gasteiger partial charge in [0.2, 0.25) is 0 Å². The van der Waals surface area contributed by atoms with Gasteiger partial charge in [-0.2, -0.15) is 0 Å². The lowest BCUT2D eigenvalue weighted by atomic mass is 9.89. The van der Waals surface area contributed by atoms with Crippen molar-refractivity contribution in [2.45, 2.75) is 39.5 Å². The molecular formula is C11H16N2O. The van der Waals surface area contributed by atoms with Crippen LogP contribution in [0.2, 0.25) is 0 Å². The van der Waals surface area contributed by atoms with Gasteiger partial charge in [0, 0.05) is 12.4 Å². The zero-order valence-electron chi connectivity index (χ0n) is 9.16. The van der Waals surface area contributed by atoms with E-state index in [4.69, 9.17) is 0 Å². The second kappa shape index (κ2) is 3.86. The maximum atomic E-state index is 10.8. The van der Waals surface area contributed by atoms with Crippen molar-refractivity contribution in [1.82, 2.24) is 9.97 Å². The Balaban J connectivity index is 2.84. The summed E-state index contributed by atoms with van der Waals surface area (Å²) in [6, 6.07) is 0. The van der Waals surface area contributed by atoms with Crippen LogP contribution in [-0.4, -0.2) is 15.8 Å². The van der Waals surface area contributed by atoms with Crippen LogP contribution in [0.25, 0.3) is 0 Å². The van der Waals surface area contributed by atoms with Crippen molar-refractivity contribution < 1.29 is 4.79 Å². The van der Waals surface area contributed by atoms with Crippen molar-refractivity contribution in [2.75, 3.05) is 0 Å². The molecule has 1 aromatic rings. The van der Waals surface area contributed by atoms with Gasteiger partial charge in [0.05, 0.1) is 6.42 Å². The molecule has 0 saturated carbocycles. The summed E-state index contributed by atoms with van der Waals surface area (Å²) in [5.41, 5.74) is 1.15. The predicted molar refractivity (Wildman–Crippen MR) is 55.1 cm³/mol. The maximum absolute atomic E-state index is 10.8. The highest BCUT2D eigenvalue weighted by molar-refractivity contribution is 5.77. The van der Waals surface area contributed by atoms with Gasteiger partial charge in [-0.3, -0.25) is 4.79 Å². The fraction of sp³-hybridized carbons (Fsp3) is 0.545. The van der Waals surface area contributed by atoms with Crippen LogP contribution < -0.4 is 0 Å². The SMILES string of the molecule is CC(=O)Cc1ncc(C(C)(C)C)cn1. The lowest BCUT2D eigenvalue weighted by Gasteiger charge is -2.17. The monoisotopic (exact) mass is 192 g/mol. The van der Waals surface area contributed by atoms with E-state index >= 15 is 0 Å². The Hall–Kier alpha value is -1.25. The predicted octanol–water partition coefficient (Wildman–Crippen LogP) is 1.91. The molecule has 0 fully saturated rings. The van der Waals surface area contributed by atoms with E-state index in [0.717, 1.165) is 5.56 Å². The van der Waals surface area contributed by atoms with E-state index in [-0.39, 0.29) is 11.2 Å². The lowest BCUT2D eigenvalue weighted by molar-refractivity contribution is -0.116. The van der Waals surface area contributed by atoms with Gasteiger partial charge < -0.3 is 0 Å². The third-order valence-corrected chi connectivity index (χ3v) is 1.98. The van der Waals surface area contributed by atoms with E-state index in [2.05, 4.69) is 30.7 Å². The van der Waals surface area contributed by atoms with E-state index in [9.17, 15) is 4.79 Å². The van der Waals surface area contributed by atoms with Gasteiger partial charge in [0.15, 0.2) is 0 Å². The molecule has 0 bridgehead atoms. The normalized spacial score (nSPS) is 11.4. The fourth-order valence-corrected chi connectivity index (χ4v) is 1.06. The molecule has 76 valence electrons. The molecule has 0 radical (unpaired) electrons. The molecule has 0 saturated heterocycles. The minimum Gasteiger partial charge on any atom is -0.300 e. The van der Waals surface area contributed by atoms with Crippen LogP contribution in [0.3, 0.4) is 0 Å². The summed E-state index contributed by atoms with van der Waals surface area (Å²) in [5, 5.41) is 0. The Labute approximate surface area is 84.6 Å². The molecule has 0 aliphatic rings. The number of nitrogens with zero attached hydrogens (tertiary/aromatic N) is 2. The molecule has 1 aromatic heterocycles. The number of hydrogen-bond donors (Lipinski definition) is 0. The van der Waals surface area contributed by atoms with Gasteiger partial charge >= 0.3 is 0 Å². The highest BCUT2D eigenvalue weighted by atomic mass is 16.1. The second-order valence-corrected chi connectivity index (χ2v) is 4.52. The number of carbonyl (C=O) groups excluding carboxylic acids is 1. The quantitative estimate of drug-likeness (QED) is 0.718. The summed E-state index contributed by atoms with van der Waals surface area (Å²) in [6.07, 6.45) is 3.92. The van der Waals surface area contributed by atoms with Gasteiger partial charge in [-0.15, -0.1) is 0 Å². The van der Waals surface area contributed by atoms with Gasteiger partial charge in [-0.25, -0.2) is 9.97 Å². The standard InChI is InChI=1S/C11H16N2O/c1-8(14)5-10-12-6-9(7-13-10)11(2,3)4/h6-7H,5H2,1-4H3. The molecule has 0 spiro atoms. The van der Waals surface area contributed by atoms with Crippen molar-refractivity contribution in [1.29, 1.82) is 0 Å². The molecule has 1 heterocycles. The zero-order valence-corrected chi connectivity index (χ0v) is 9.16. The molecule has 0 atom stereocenters. The Kier molecular flexibility index (Phi) is 2.99. The maximum Gasteiger partial charge on any atom is 0.137 e. The topological polar surface area (TPSA) is 42.9 Å². The van der Waals surface area contributed by atoms with Crippen molar-refractivity contribution in [3.63, 3.8) is 0 Å². The zero-order chi connectivity index (χ0) is 10.8. The van der Waals surface area contributed by atoms with Crippen LogP contribution >= 0.6 is 0 Å². The first-order chi connectivity index (χ1) is 6.39. The number of ketones is 1. The Morgan fingerprint density at radius 1 is 1.29 bits per heavy atom. The largest absolute Gasteiger partial charge is 0.300 e. The molecule has 1 rings (SSSR count). The van der Waals surface area contributed by atoms with E-state index in [1.165, 1.54) is 0 Å². The fourth-order valence-electron chi connectivity index (χ4n) is 1.06. The molecular weight excluding hydrogens is 176 g/mol. The Morgan fingerprint density at radius 3 is 2.14 bits per heavy atom. The van der Waals surface area contributed by atoms with Crippen LogP contribution in [0, 0.1) is 0 Å². The molecule has 0 aliphatic heterocycles. The third-order valence-electron chi connectivity index (χ3n) is 1.98. The number of carbonyl (C=O) groups is 1. The van der Waals surface area contributed by atoms with Crippen molar-refractivity contribution in [3.8, 4) is 0 Å². The molecule has 0 N–H and O–H groups in total. The first-order valence-electron chi connectivity index (χ1n) is 4.70. The lowest BCUT2D eigenvalue weighted by Crippen LogP contribution is -2.13. The summed E-state index contributed by atoms with van der Waals surface area (Å²) >= 11 is 0. The van der Waals surface area contributed by atoms with Crippen molar-refractivity contribution >= 4 is 5.78 Å². The van der Waals surface area contributed by atoms with Gasteiger partial charge in [0.25, 0.3) is 0 Å². The smallest absolute Gasteiger partial charge is 0.137 e. The number of hydrogen-bond acceptors (Lipinski definition) is 3. The van der Waals surface area contributed by atoms with Crippen LogP contribution in [0.1, 0.15) is 39.1 Å². The van der Waals surface area contributed by atoms with Crippen LogP contribution in [0.4, 0.5) is 0 Å².